The monoisotopic (exact) mass is 255 g/mol. The van der Waals surface area contributed by atoms with E-state index in [0.717, 1.165) is 19.0 Å². The molecule has 0 amide bonds. The molecule has 1 atom stereocenters. The molecule has 3 nitrogen and oxygen atoms in total. The Hall–Kier alpha value is -1.45. The second-order valence-corrected chi connectivity index (χ2v) is 5.57. The van der Waals surface area contributed by atoms with Gasteiger partial charge >= 0.3 is 0 Å². The van der Waals surface area contributed by atoms with Gasteiger partial charge in [-0.05, 0) is 43.4 Å². The molecule has 1 saturated heterocycles. The molecular formula is C16H21N3. The van der Waals surface area contributed by atoms with Gasteiger partial charge in [0.15, 0.2) is 0 Å². The molecule has 1 aromatic heterocycles. The maximum atomic E-state index is 4.33. The molecule has 100 valence electrons. The lowest BCUT2D eigenvalue weighted by atomic mass is 10.1. The minimum absolute atomic E-state index is 0.799. The fourth-order valence-electron chi connectivity index (χ4n) is 2.92. The summed E-state index contributed by atoms with van der Waals surface area (Å²) in [5, 5.41) is 6.13. The Morgan fingerprint density at radius 1 is 1.32 bits per heavy atom. The fourth-order valence-corrected chi connectivity index (χ4v) is 2.92. The van der Waals surface area contributed by atoms with Crippen LogP contribution in [-0.4, -0.2) is 36.6 Å². The number of likely N-dealkylation sites (tertiary alicyclic amines) is 1. The second kappa shape index (κ2) is 5.68. The lowest BCUT2D eigenvalue weighted by molar-refractivity contribution is 0.388. The van der Waals surface area contributed by atoms with Crippen LogP contribution in [0, 0.1) is 5.92 Å². The van der Waals surface area contributed by atoms with E-state index in [9.17, 15) is 0 Å². The predicted molar refractivity (Wildman–Crippen MR) is 79.1 cm³/mol. The highest BCUT2D eigenvalue weighted by Crippen LogP contribution is 2.17. The number of nitrogens with one attached hydrogen (secondary N) is 1. The van der Waals surface area contributed by atoms with Crippen LogP contribution in [0.25, 0.3) is 10.8 Å². The smallest absolute Gasteiger partial charge is 0.0346 e. The lowest BCUT2D eigenvalue weighted by Gasteiger charge is -2.12. The van der Waals surface area contributed by atoms with Gasteiger partial charge in [0.25, 0.3) is 0 Å². The summed E-state index contributed by atoms with van der Waals surface area (Å²) in [6, 6.07) is 8.46. The van der Waals surface area contributed by atoms with Gasteiger partial charge in [0.1, 0.15) is 0 Å². The van der Waals surface area contributed by atoms with Crippen molar-refractivity contribution in [1.82, 2.24) is 15.2 Å². The Morgan fingerprint density at radius 2 is 2.21 bits per heavy atom. The van der Waals surface area contributed by atoms with E-state index in [4.69, 9.17) is 0 Å². The van der Waals surface area contributed by atoms with Crippen molar-refractivity contribution in [3.05, 3.63) is 42.2 Å². The van der Waals surface area contributed by atoms with Crippen LogP contribution in [0.4, 0.5) is 0 Å². The minimum Gasteiger partial charge on any atom is -0.312 e. The van der Waals surface area contributed by atoms with Crippen molar-refractivity contribution < 1.29 is 0 Å². The summed E-state index contributed by atoms with van der Waals surface area (Å²) in [7, 11) is 2.20. The molecule has 3 rings (SSSR count). The highest BCUT2D eigenvalue weighted by molar-refractivity contribution is 5.84. The Labute approximate surface area is 114 Å². The third-order valence-corrected chi connectivity index (χ3v) is 3.99. The summed E-state index contributed by atoms with van der Waals surface area (Å²) in [6.07, 6.45) is 5.23. The van der Waals surface area contributed by atoms with Crippen LogP contribution in [0.15, 0.2) is 36.7 Å². The van der Waals surface area contributed by atoms with Crippen LogP contribution in [0.3, 0.4) is 0 Å². The topological polar surface area (TPSA) is 28.2 Å². The molecule has 2 heterocycles. The van der Waals surface area contributed by atoms with E-state index < -0.39 is 0 Å². The average molecular weight is 255 g/mol. The normalized spacial score (nSPS) is 20.2. The standard InChI is InChI=1S/C16H21N3/c1-19-7-6-13(12-19)8-17-10-15-11-18-9-14-4-2-3-5-16(14)15/h2-5,9,11,13,17H,6-8,10,12H2,1H3. The van der Waals surface area contributed by atoms with E-state index in [1.54, 1.807) is 0 Å². The molecule has 0 radical (unpaired) electrons. The lowest BCUT2D eigenvalue weighted by Crippen LogP contribution is -2.24. The van der Waals surface area contributed by atoms with Crippen molar-refractivity contribution in [2.75, 3.05) is 26.7 Å². The third kappa shape index (κ3) is 2.94. The van der Waals surface area contributed by atoms with Crippen LogP contribution < -0.4 is 5.32 Å². The number of pyridine rings is 1. The number of fused-ring (bicyclic) bond motifs is 1. The molecule has 1 aliphatic rings. The quantitative estimate of drug-likeness (QED) is 0.908. The predicted octanol–water partition coefficient (Wildman–Crippen LogP) is 2.28. The largest absolute Gasteiger partial charge is 0.312 e. The fraction of sp³-hybridized carbons (Fsp3) is 0.438. The number of nitrogens with zero attached hydrogens (tertiary/aromatic N) is 2. The van der Waals surface area contributed by atoms with Gasteiger partial charge in [-0.3, -0.25) is 4.98 Å². The Balaban J connectivity index is 1.62. The summed E-state index contributed by atoms with van der Waals surface area (Å²) in [4.78, 5) is 6.74. The van der Waals surface area contributed by atoms with Crippen LogP contribution in [0.1, 0.15) is 12.0 Å². The summed E-state index contributed by atoms with van der Waals surface area (Å²) in [6.45, 7) is 4.48. The summed E-state index contributed by atoms with van der Waals surface area (Å²) in [5.41, 5.74) is 1.30. The number of benzene rings is 1. The number of hydrogen-bond acceptors (Lipinski definition) is 3. The molecule has 1 fully saturated rings. The number of hydrogen-bond donors (Lipinski definition) is 1. The first-order valence-electron chi connectivity index (χ1n) is 7.04. The second-order valence-electron chi connectivity index (χ2n) is 5.57. The van der Waals surface area contributed by atoms with Gasteiger partial charge in [-0.2, -0.15) is 0 Å². The van der Waals surface area contributed by atoms with Crippen molar-refractivity contribution in [1.29, 1.82) is 0 Å². The highest BCUT2D eigenvalue weighted by Gasteiger charge is 2.18. The molecule has 0 bridgehead atoms. The Bertz CT molecular complexity index is 547. The van der Waals surface area contributed by atoms with Gasteiger partial charge in [-0.1, -0.05) is 24.3 Å². The van der Waals surface area contributed by atoms with Gasteiger partial charge in [-0.15, -0.1) is 0 Å². The first-order chi connectivity index (χ1) is 9.33. The number of aromatic nitrogens is 1. The van der Waals surface area contributed by atoms with Crippen LogP contribution in [0.5, 0.6) is 0 Å². The van der Waals surface area contributed by atoms with E-state index in [2.05, 4.69) is 46.5 Å². The molecule has 0 aliphatic carbocycles. The summed E-state index contributed by atoms with van der Waals surface area (Å²) < 4.78 is 0. The molecule has 0 saturated carbocycles. The molecule has 3 heteroatoms. The van der Waals surface area contributed by atoms with Crippen molar-refractivity contribution in [3.8, 4) is 0 Å². The zero-order valence-corrected chi connectivity index (χ0v) is 11.5. The van der Waals surface area contributed by atoms with Gasteiger partial charge in [-0.25, -0.2) is 0 Å². The van der Waals surface area contributed by atoms with Gasteiger partial charge in [0.2, 0.25) is 0 Å². The molecule has 1 N–H and O–H groups in total. The van der Waals surface area contributed by atoms with Crippen molar-refractivity contribution in [3.63, 3.8) is 0 Å². The van der Waals surface area contributed by atoms with E-state index in [-0.39, 0.29) is 0 Å². The summed E-state index contributed by atoms with van der Waals surface area (Å²) >= 11 is 0. The molecule has 19 heavy (non-hydrogen) atoms. The highest BCUT2D eigenvalue weighted by atomic mass is 15.1. The van der Waals surface area contributed by atoms with Gasteiger partial charge in [0.05, 0.1) is 0 Å². The molecule has 2 aromatic rings. The first kappa shape index (κ1) is 12.6. The zero-order valence-electron chi connectivity index (χ0n) is 11.5. The molecule has 0 spiro atoms. The van der Waals surface area contributed by atoms with Crippen molar-refractivity contribution in [2.24, 2.45) is 5.92 Å². The van der Waals surface area contributed by atoms with E-state index in [1.807, 2.05) is 12.4 Å². The van der Waals surface area contributed by atoms with E-state index in [1.165, 1.54) is 35.8 Å². The minimum atomic E-state index is 0.799. The van der Waals surface area contributed by atoms with Crippen LogP contribution in [0.2, 0.25) is 0 Å². The van der Waals surface area contributed by atoms with Gasteiger partial charge in [0, 0.05) is 30.9 Å². The first-order valence-corrected chi connectivity index (χ1v) is 7.04. The molecular weight excluding hydrogens is 234 g/mol. The Kier molecular flexibility index (Phi) is 3.76. The maximum Gasteiger partial charge on any atom is 0.0346 e. The van der Waals surface area contributed by atoms with Crippen molar-refractivity contribution >= 4 is 10.8 Å². The van der Waals surface area contributed by atoms with Gasteiger partial charge < -0.3 is 10.2 Å². The summed E-state index contributed by atoms with van der Waals surface area (Å²) in [5.74, 6) is 0.799. The van der Waals surface area contributed by atoms with Crippen LogP contribution >= 0.6 is 0 Å². The molecule has 1 aliphatic heterocycles. The average Bonchev–Trinajstić information content (AvgIpc) is 2.85. The van der Waals surface area contributed by atoms with E-state index in [0.29, 0.717) is 0 Å². The molecule has 1 unspecified atom stereocenters. The SMILES string of the molecule is CN1CCC(CNCc2cncc3ccccc23)C1. The Morgan fingerprint density at radius 3 is 3.05 bits per heavy atom. The van der Waals surface area contributed by atoms with Crippen molar-refractivity contribution in [2.45, 2.75) is 13.0 Å². The third-order valence-electron chi connectivity index (χ3n) is 3.99. The van der Waals surface area contributed by atoms with E-state index >= 15 is 0 Å². The zero-order chi connectivity index (χ0) is 13.1. The molecule has 1 aromatic carbocycles. The maximum absolute atomic E-state index is 4.33. The van der Waals surface area contributed by atoms with Crippen LogP contribution in [-0.2, 0) is 6.54 Å². The number of rotatable bonds is 4.